The molecule has 2 aromatic rings. The fourth-order valence-electron chi connectivity index (χ4n) is 1.92. The van der Waals surface area contributed by atoms with Crippen LogP contribution in [-0.2, 0) is 5.75 Å². The first-order chi connectivity index (χ1) is 10.1. The van der Waals surface area contributed by atoms with E-state index in [2.05, 4.69) is 34.6 Å². The summed E-state index contributed by atoms with van der Waals surface area (Å²) in [6.45, 7) is 6.56. The number of aromatic nitrogens is 2. The number of thioether (sulfide) groups is 1. The molecule has 6 heteroatoms. The largest absolute Gasteiger partial charge is 0.494 e. The van der Waals surface area contributed by atoms with Crippen molar-refractivity contribution in [1.82, 2.24) is 15.5 Å². The maximum Gasteiger partial charge on any atom is 0.276 e. The van der Waals surface area contributed by atoms with E-state index < -0.39 is 0 Å². The number of nitrogens with zero attached hydrogens (tertiary/aromatic N) is 2. The van der Waals surface area contributed by atoms with Crippen molar-refractivity contribution in [3.63, 3.8) is 0 Å². The van der Waals surface area contributed by atoms with E-state index in [1.54, 1.807) is 6.92 Å². The van der Waals surface area contributed by atoms with Crippen molar-refractivity contribution in [2.45, 2.75) is 37.8 Å². The molecule has 0 aliphatic heterocycles. The summed E-state index contributed by atoms with van der Waals surface area (Å²) in [7, 11) is 1.96. The lowest BCUT2D eigenvalue weighted by molar-refractivity contribution is 0.337. The van der Waals surface area contributed by atoms with Crippen molar-refractivity contribution in [3.05, 3.63) is 35.2 Å². The van der Waals surface area contributed by atoms with E-state index in [1.165, 1.54) is 17.3 Å². The minimum atomic E-state index is 0.301. The molecular formula is C15H21N3O2S. The molecule has 0 saturated heterocycles. The summed E-state index contributed by atoms with van der Waals surface area (Å²) in [5.74, 6) is 2.23. The van der Waals surface area contributed by atoms with Crippen LogP contribution < -0.4 is 10.1 Å². The Morgan fingerprint density at radius 1 is 1.38 bits per heavy atom. The Labute approximate surface area is 129 Å². The predicted molar refractivity (Wildman–Crippen MR) is 83.7 cm³/mol. The number of hydrogen-bond donors (Lipinski definition) is 1. The van der Waals surface area contributed by atoms with Gasteiger partial charge in [-0.25, -0.2) is 0 Å². The molecule has 1 aromatic heterocycles. The van der Waals surface area contributed by atoms with Crippen LogP contribution in [0.25, 0.3) is 0 Å². The van der Waals surface area contributed by atoms with Crippen molar-refractivity contribution >= 4 is 11.8 Å². The Bertz CT molecular complexity index is 586. The van der Waals surface area contributed by atoms with E-state index in [4.69, 9.17) is 9.15 Å². The van der Waals surface area contributed by atoms with Crippen molar-refractivity contribution in [2.75, 3.05) is 13.7 Å². The van der Waals surface area contributed by atoms with Gasteiger partial charge >= 0.3 is 0 Å². The molecule has 1 heterocycles. The number of aryl methyl sites for hydroxylation is 1. The van der Waals surface area contributed by atoms with Crippen LogP contribution >= 0.6 is 11.8 Å². The van der Waals surface area contributed by atoms with Gasteiger partial charge in [-0.2, -0.15) is 0 Å². The van der Waals surface area contributed by atoms with Crippen LogP contribution in [0.3, 0.4) is 0 Å². The second kappa shape index (κ2) is 7.47. The van der Waals surface area contributed by atoms with Crippen molar-refractivity contribution < 1.29 is 9.15 Å². The second-order valence-corrected chi connectivity index (χ2v) is 5.61. The predicted octanol–water partition coefficient (Wildman–Crippen LogP) is 3.35. The van der Waals surface area contributed by atoms with Crippen LogP contribution in [0.1, 0.15) is 36.9 Å². The van der Waals surface area contributed by atoms with Crippen molar-refractivity contribution in [3.8, 4) is 5.75 Å². The van der Waals surface area contributed by atoms with Crippen LogP contribution in [0.5, 0.6) is 5.75 Å². The van der Waals surface area contributed by atoms with E-state index in [-0.39, 0.29) is 0 Å². The molecule has 0 saturated carbocycles. The molecule has 5 nitrogen and oxygen atoms in total. The lowest BCUT2D eigenvalue weighted by Crippen LogP contribution is -2.12. The van der Waals surface area contributed by atoms with E-state index in [1.807, 2.05) is 20.0 Å². The molecule has 1 unspecified atom stereocenters. The fraction of sp³-hybridized carbons (Fsp3) is 0.467. The van der Waals surface area contributed by atoms with Gasteiger partial charge in [0.25, 0.3) is 5.22 Å². The summed E-state index contributed by atoms with van der Waals surface area (Å²) >= 11 is 1.52. The molecule has 1 N–H and O–H groups in total. The molecule has 0 aliphatic rings. The first kappa shape index (κ1) is 15.9. The number of nitrogens with one attached hydrogen (secondary N) is 1. The Morgan fingerprint density at radius 3 is 2.81 bits per heavy atom. The Balaban J connectivity index is 2.17. The Morgan fingerprint density at radius 2 is 2.19 bits per heavy atom. The van der Waals surface area contributed by atoms with Crippen molar-refractivity contribution in [2.24, 2.45) is 0 Å². The summed E-state index contributed by atoms with van der Waals surface area (Å²) in [4.78, 5) is 0. The fourth-order valence-corrected chi connectivity index (χ4v) is 2.70. The topological polar surface area (TPSA) is 60.2 Å². The van der Waals surface area contributed by atoms with Gasteiger partial charge in [-0.15, -0.1) is 10.2 Å². The molecule has 0 aliphatic carbocycles. The first-order valence-electron chi connectivity index (χ1n) is 6.99. The summed E-state index contributed by atoms with van der Waals surface area (Å²) in [5.41, 5.74) is 2.37. The van der Waals surface area contributed by atoms with Crippen molar-refractivity contribution in [1.29, 1.82) is 0 Å². The van der Waals surface area contributed by atoms with Gasteiger partial charge in [0.05, 0.1) is 6.61 Å². The minimum Gasteiger partial charge on any atom is -0.494 e. The van der Waals surface area contributed by atoms with Crippen LogP contribution in [0.2, 0.25) is 0 Å². The van der Waals surface area contributed by atoms with Gasteiger partial charge in [0, 0.05) is 24.3 Å². The third kappa shape index (κ3) is 4.22. The van der Waals surface area contributed by atoms with Gasteiger partial charge in [0.1, 0.15) is 5.75 Å². The molecule has 0 amide bonds. The number of benzene rings is 1. The third-order valence-corrected chi connectivity index (χ3v) is 4.04. The normalized spacial score (nSPS) is 12.4. The van der Waals surface area contributed by atoms with Gasteiger partial charge in [-0.1, -0.05) is 17.8 Å². The van der Waals surface area contributed by atoms with E-state index >= 15 is 0 Å². The van der Waals surface area contributed by atoms with Crippen LogP contribution in [0, 0.1) is 6.92 Å². The zero-order valence-corrected chi connectivity index (χ0v) is 13.7. The van der Waals surface area contributed by atoms with Crippen LogP contribution in [0.4, 0.5) is 0 Å². The molecule has 21 heavy (non-hydrogen) atoms. The summed E-state index contributed by atoms with van der Waals surface area (Å²) < 4.78 is 11.1. The van der Waals surface area contributed by atoms with Gasteiger partial charge in [-0.05, 0) is 38.6 Å². The maximum atomic E-state index is 5.70. The molecule has 0 fully saturated rings. The van der Waals surface area contributed by atoms with Gasteiger partial charge in [0.15, 0.2) is 0 Å². The molecule has 0 bridgehead atoms. The minimum absolute atomic E-state index is 0.301. The highest BCUT2D eigenvalue weighted by atomic mass is 32.2. The highest BCUT2D eigenvalue weighted by molar-refractivity contribution is 7.98. The third-order valence-electron chi connectivity index (χ3n) is 3.18. The molecule has 0 spiro atoms. The smallest absolute Gasteiger partial charge is 0.276 e. The lowest BCUT2D eigenvalue weighted by Gasteiger charge is -2.15. The molecule has 114 valence electrons. The standard InChI is InChI=1S/C15H21N3O2S/c1-5-19-14-7-6-12(10(2)16-4)8-13(14)9-21-15-18-17-11(3)20-15/h6-8,10,16H,5,9H2,1-4H3. The monoisotopic (exact) mass is 307 g/mol. The van der Waals surface area contributed by atoms with E-state index in [0.29, 0.717) is 23.8 Å². The van der Waals surface area contributed by atoms with Gasteiger partial charge < -0.3 is 14.5 Å². The molecular weight excluding hydrogens is 286 g/mol. The van der Waals surface area contributed by atoms with E-state index in [9.17, 15) is 0 Å². The number of ether oxygens (including phenoxy) is 1. The highest BCUT2D eigenvalue weighted by Gasteiger charge is 2.11. The number of hydrogen-bond acceptors (Lipinski definition) is 6. The van der Waals surface area contributed by atoms with Gasteiger partial charge in [0.2, 0.25) is 5.89 Å². The maximum absolute atomic E-state index is 5.70. The first-order valence-corrected chi connectivity index (χ1v) is 7.98. The average Bonchev–Trinajstić information content (AvgIpc) is 2.91. The highest BCUT2D eigenvalue weighted by Crippen LogP contribution is 2.29. The Hall–Kier alpha value is -1.53. The summed E-state index contributed by atoms with van der Waals surface area (Å²) in [6, 6.07) is 6.59. The number of rotatable bonds is 7. The SMILES string of the molecule is CCOc1ccc(C(C)NC)cc1CSc1nnc(C)o1. The Kier molecular flexibility index (Phi) is 5.64. The summed E-state index contributed by atoms with van der Waals surface area (Å²) in [5, 5.41) is 11.7. The van der Waals surface area contributed by atoms with Gasteiger partial charge in [-0.3, -0.25) is 0 Å². The average molecular weight is 307 g/mol. The van der Waals surface area contributed by atoms with Crippen LogP contribution in [-0.4, -0.2) is 23.9 Å². The zero-order valence-electron chi connectivity index (χ0n) is 12.8. The molecule has 1 atom stereocenters. The quantitative estimate of drug-likeness (QED) is 0.792. The zero-order chi connectivity index (χ0) is 15.2. The van der Waals surface area contributed by atoms with E-state index in [0.717, 1.165) is 17.1 Å². The second-order valence-electron chi connectivity index (χ2n) is 4.69. The van der Waals surface area contributed by atoms with Crippen LogP contribution in [0.15, 0.2) is 27.8 Å². The summed E-state index contributed by atoms with van der Waals surface area (Å²) in [6.07, 6.45) is 0. The molecule has 0 radical (unpaired) electrons. The lowest BCUT2D eigenvalue weighted by atomic mass is 10.1. The molecule has 1 aromatic carbocycles. The molecule has 2 rings (SSSR count).